The van der Waals surface area contributed by atoms with Crippen LogP contribution in [0.4, 0.5) is 0 Å². The van der Waals surface area contributed by atoms with E-state index in [4.69, 9.17) is 4.74 Å². The number of carbonyl (C=O) groups is 1. The number of likely N-dealkylation sites (tertiary alicyclic amines) is 1. The largest absolute Gasteiger partial charge is 0.476 e. The van der Waals surface area contributed by atoms with Crippen molar-refractivity contribution in [3.8, 4) is 5.88 Å². The lowest BCUT2D eigenvalue weighted by molar-refractivity contribution is -0.131. The summed E-state index contributed by atoms with van der Waals surface area (Å²) in [6.07, 6.45) is 3.63. The molecule has 1 fully saturated rings. The fourth-order valence-electron chi connectivity index (χ4n) is 3.64. The molecule has 1 aliphatic heterocycles. The first-order chi connectivity index (χ1) is 13.2. The van der Waals surface area contributed by atoms with Crippen LogP contribution in [0.25, 0.3) is 0 Å². The molecule has 2 aromatic heterocycles. The number of ether oxygens (including phenoxy) is 1. The SMILES string of the molecule is Cc1cccnc1OCC(C)(C)C(=O)N[C@H]1CN(C)C[C@@H]1c1cnn(C)c1C. The molecular formula is C21H31N5O2. The molecule has 2 aromatic rings. The Morgan fingerprint density at radius 3 is 2.71 bits per heavy atom. The highest BCUT2D eigenvalue weighted by atomic mass is 16.5. The van der Waals surface area contributed by atoms with E-state index in [9.17, 15) is 4.79 Å². The maximum atomic E-state index is 13.0. The number of aryl methyl sites for hydroxylation is 2. The minimum Gasteiger partial charge on any atom is -0.476 e. The van der Waals surface area contributed by atoms with Gasteiger partial charge in [-0.05, 0) is 46.4 Å². The van der Waals surface area contributed by atoms with Gasteiger partial charge in [0.1, 0.15) is 6.61 Å². The van der Waals surface area contributed by atoms with E-state index in [1.54, 1.807) is 6.20 Å². The summed E-state index contributed by atoms with van der Waals surface area (Å²) >= 11 is 0. The van der Waals surface area contributed by atoms with Gasteiger partial charge in [-0.25, -0.2) is 4.98 Å². The molecule has 3 heterocycles. The Hall–Kier alpha value is -2.41. The molecule has 1 amide bonds. The monoisotopic (exact) mass is 385 g/mol. The molecule has 0 aliphatic carbocycles. The second-order valence-corrected chi connectivity index (χ2v) is 8.51. The van der Waals surface area contributed by atoms with Crippen LogP contribution >= 0.6 is 0 Å². The lowest BCUT2D eigenvalue weighted by Gasteiger charge is -2.28. The fourth-order valence-corrected chi connectivity index (χ4v) is 3.64. The third-order valence-corrected chi connectivity index (χ3v) is 5.64. The number of hydrogen-bond acceptors (Lipinski definition) is 5. The van der Waals surface area contributed by atoms with Crippen molar-refractivity contribution in [3.05, 3.63) is 41.3 Å². The maximum absolute atomic E-state index is 13.0. The van der Waals surface area contributed by atoms with Gasteiger partial charge in [-0.2, -0.15) is 5.10 Å². The number of amides is 1. The Bertz CT molecular complexity index is 845. The van der Waals surface area contributed by atoms with E-state index in [0.717, 1.165) is 24.3 Å². The first-order valence-electron chi connectivity index (χ1n) is 9.71. The van der Waals surface area contributed by atoms with Crippen molar-refractivity contribution >= 4 is 5.91 Å². The third-order valence-electron chi connectivity index (χ3n) is 5.64. The summed E-state index contributed by atoms with van der Waals surface area (Å²) in [5.41, 5.74) is 2.64. The predicted octanol–water partition coefficient (Wildman–Crippen LogP) is 2.05. The van der Waals surface area contributed by atoms with Gasteiger partial charge in [-0.1, -0.05) is 6.07 Å². The number of nitrogens with one attached hydrogen (secondary N) is 1. The van der Waals surface area contributed by atoms with Crippen molar-refractivity contribution in [1.82, 2.24) is 25.0 Å². The van der Waals surface area contributed by atoms with Gasteiger partial charge in [0.05, 0.1) is 11.6 Å². The van der Waals surface area contributed by atoms with E-state index in [2.05, 4.69) is 34.3 Å². The summed E-state index contributed by atoms with van der Waals surface area (Å²) < 4.78 is 7.73. The number of rotatable bonds is 6. The lowest BCUT2D eigenvalue weighted by Crippen LogP contribution is -2.48. The third kappa shape index (κ3) is 4.19. The van der Waals surface area contributed by atoms with Crippen LogP contribution in [0.3, 0.4) is 0 Å². The number of carbonyl (C=O) groups excluding carboxylic acids is 1. The highest BCUT2D eigenvalue weighted by Crippen LogP contribution is 2.30. The van der Waals surface area contributed by atoms with Crippen molar-refractivity contribution in [2.24, 2.45) is 12.5 Å². The number of likely N-dealkylation sites (N-methyl/N-ethyl adjacent to an activating group) is 1. The zero-order chi connectivity index (χ0) is 20.5. The highest BCUT2D eigenvalue weighted by molar-refractivity contribution is 5.82. The molecule has 7 nitrogen and oxygen atoms in total. The second-order valence-electron chi connectivity index (χ2n) is 8.51. The number of hydrogen-bond donors (Lipinski definition) is 1. The molecule has 0 radical (unpaired) electrons. The van der Waals surface area contributed by atoms with Crippen LogP contribution in [-0.4, -0.2) is 58.4 Å². The van der Waals surface area contributed by atoms with Crippen molar-refractivity contribution in [1.29, 1.82) is 0 Å². The molecule has 152 valence electrons. The van der Waals surface area contributed by atoms with Crippen molar-refractivity contribution in [2.75, 3.05) is 26.7 Å². The topological polar surface area (TPSA) is 72.3 Å². The molecule has 0 spiro atoms. The standard InChI is InChI=1S/C21H31N5O2/c1-14-8-7-9-22-19(14)28-13-21(3,4)20(27)24-18-12-25(5)11-17(18)16-10-23-26(6)15(16)2/h7-10,17-18H,11-13H2,1-6H3,(H,24,27)/t17-,18+/m1/s1. The minimum absolute atomic E-state index is 0.00655. The zero-order valence-corrected chi connectivity index (χ0v) is 17.7. The molecule has 1 N–H and O–H groups in total. The van der Waals surface area contributed by atoms with Crippen molar-refractivity contribution < 1.29 is 9.53 Å². The molecule has 3 rings (SSSR count). The van der Waals surface area contributed by atoms with Gasteiger partial charge in [0.25, 0.3) is 0 Å². The summed E-state index contributed by atoms with van der Waals surface area (Å²) in [6, 6.07) is 3.87. The van der Waals surface area contributed by atoms with Crippen LogP contribution in [0.1, 0.15) is 36.6 Å². The molecule has 1 aliphatic rings. The minimum atomic E-state index is -0.667. The van der Waals surface area contributed by atoms with E-state index >= 15 is 0 Å². The first kappa shape index (κ1) is 20.3. The van der Waals surface area contributed by atoms with Gasteiger partial charge in [0.15, 0.2) is 0 Å². The zero-order valence-electron chi connectivity index (χ0n) is 17.7. The average Bonchev–Trinajstić information content (AvgIpc) is 3.16. The molecule has 0 unspecified atom stereocenters. The second kappa shape index (κ2) is 7.91. The molecule has 2 atom stereocenters. The van der Waals surface area contributed by atoms with Gasteiger partial charge >= 0.3 is 0 Å². The molecular weight excluding hydrogens is 354 g/mol. The summed E-state index contributed by atoms with van der Waals surface area (Å²) in [4.78, 5) is 19.6. The van der Waals surface area contributed by atoms with Gasteiger partial charge in [-0.3, -0.25) is 9.48 Å². The summed E-state index contributed by atoms with van der Waals surface area (Å²) in [6.45, 7) is 9.84. The molecule has 0 saturated carbocycles. The Balaban J connectivity index is 1.67. The van der Waals surface area contributed by atoms with E-state index in [1.165, 1.54) is 5.56 Å². The van der Waals surface area contributed by atoms with Crippen LogP contribution < -0.4 is 10.1 Å². The maximum Gasteiger partial charge on any atom is 0.229 e. The van der Waals surface area contributed by atoms with E-state index in [0.29, 0.717) is 5.88 Å². The Labute approximate surface area is 167 Å². The van der Waals surface area contributed by atoms with Gasteiger partial charge in [-0.15, -0.1) is 0 Å². The van der Waals surface area contributed by atoms with Crippen molar-refractivity contribution in [3.63, 3.8) is 0 Å². The van der Waals surface area contributed by atoms with E-state index in [1.807, 2.05) is 50.8 Å². The Kier molecular flexibility index (Phi) is 5.74. The van der Waals surface area contributed by atoms with Gasteiger partial charge in [0.2, 0.25) is 11.8 Å². The first-order valence-corrected chi connectivity index (χ1v) is 9.71. The van der Waals surface area contributed by atoms with E-state index < -0.39 is 5.41 Å². The van der Waals surface area contributed by atoms with Crippen LogP contribution in [0.2, 0.25) is 0 Å². The van der Waals surface area contributed by atoms with Crippen molar-refractivity contribution in [2.45, 2.75) is 39.7 Å². The number of nitrogens with zero attached hydrogens (tertiary/aromatic N) is 4. The molecule has 7 heteroatoms. The number of aromatic nitrogens is 3. The van der Waals surface area contributed by atoms with Gasteiger partial charge in [0, 0.05) is 49.6 Å². The normalized spacial score (nSPS) is 20.4. The summed E-state index contributed by atoms with van der Waals surface area (Å²) in [5.74, 6) is 0.804. The van der Waals surface area contributed by atoms with Crippen LogP contribution in [0.5, 0.6) is 5.88 Å². The Morgan fingerprint density at radius 1 is 1.32 bits per heavy atom. The summed E-state index contributed by atoms with van der Waals surface area (Å²) in [5, 5.41) is 7.65. The number of pyridine rings is 1. The smallest absolute Gasteiger partial charge is 0.229 e. The average molecular weight is 386 g/mol. The van der Waals surface area contributed by atoms with Crippen LogP contribution in [-0.2, 0) is 11.8 Å². The van der Waals surface area contributed by atoms with Crippen LogP contribution in [0.15, 0.2) is 24.5 Å². The quantitative estimate of drug-likeness (QED) is 0.824. The highest BCUT2D eigenvalue weighted by Gasteiger charge is 2.38. The molecule has 0 aromatic carbocycles. The van der Waals surface area contributed by atoms with Gasteiger partial charge < -0.3 is 15.0 Å². The fraction of sp³-hybridized carbons (Fsp3) is 0.571. The molecule has 1 saturated heterocycles. The predicted molar refractivity (Wildman–Crippen MR) is 108 cm³/mol. The Morgan fingerprint density at radius 2 is 2.07 bits per heavy atom. The van der Waals surface area contributed by atoms with Crippen LogP contribution in [0, 0.1) is 19.3 Å². The lowest BCUT2D eigenvalue weighted by atomic mass is 9.90. The molecule has 28 heavy (non-hydrogen) atoms. The summed E-state index contributed by atoms with van der Waals surface area (Å²) in [7, 11) is 4.04. The van der Waals surface area contributed by atoms with E-state index in [-0.39, 0.29) is 24.5 Å². The molecule has 0 bridgehead atoms.